The minimum atomic E-state index is -0.609. The Labute approximate surface area is 226 Å². The lowest BCUT2D eigenvalue weighted by Gasteiger charge is -2.34. The summed E-state index contributed by atoms with van der Waals surface area (Å²) in [5.74, 6) is 0.194. The number of Topliss-reactive ketones (excluding diaryl/α,β-unsaturated/α-hetero) is 1. The molecule has 0 radical (unpaired) electrons. The highest BCUT2D eigenvalue weighted by molar-refractivity contribution is 5.96. The van der Waals surface area contributed by atoms with E-state index in [1.807, 2.05) is 44.7 Å². The zero-order valence-electron chi connectivity index (χ0n) is 23.1. The van der Waals surface area contributed by atoms with Crippen LogP contribution in [0.25, 0.3) is 11.2 Å². The summed E-state index contributed by atoms with van der Waals surface area (Å²) in [6.45, 7) is 8.43. The van der Waals surface area contributed by atoms with Gasteiger partial charge in [0.2, 0.25) is 5.95 Å². The normalized spacial score (nSPS) is 16.1. The van der Waals surface area contributed by atoms with Gasteiger partial charge >= 0.3 is 11.8 Å². The van der Waals surface area contributed by atoms with E-state index in [4.69, 9.17) is 9.72 Å². The van der Waals surface area contributed by atoms with Gasteiger partial charge in [-0.1, -0.05) is 42.5 Å². The number of allylic oxidation sites excluding steroid dienone is 2. The Morgan fingerprint density at radius 2 is 1.87 bits per heavy atom. The molecule has 1 saturated heterocycles. The predicted octanol–water partition coefficient (Wildman–Crippen LogP) is 2.85. The lowest BCUT2D eigenvalue weighted by atomic mass is 10.1. The highest BCUT2D eigenvalue weighted by atomic mass is 16.6. The minimum absolute atomic E-state index is 0.174. The molecule has 1 aliphatic rings. The molecular weight excluding hydrogens is 500 g/mol. The van der Waals surface area contributed by atoms with E-state index in [2.05, 4.69) is 5.32 Å². The average molecular weight is 537 g/mol. The molecule has 1 aliphatic heterocycles. The second-order valence-electron chi connectivity index (χ2n) is 10.7. The first-order chi connectivity index (χ1) is 18.5. The maximum atomic E-state index is 13.7. The van der Waals surface area contributed by atoms with Gasteiger partial charge in [0.15, 0.2) is 16.9 Å². The standard InChI is InChI=1S/C28H36N6O5/c1-6-7-16-33-22-23(30-25(33)32-15-11-14-20(17-32)29-26(37)39-28(2,3)4)31(5)27(38)34(24(22)36)18-21(35)19-12-9-8-10-13-19/h6-10,12-13,20H,11,14-18H2,1-5H3,(H,29,37)/b7-6+/t20-/m1/s1. The lowest BCUT2D eigenvalue weighted by molar-refractivity contribution is 0.0499. The number of alkyl carbamates (subject to hydrolysis) is 1. The third kappa shape index (κ3) is 6.13. The van der Waals surface area contributed by atoms with E-state index in [9.17, 15) is 19.2 Å². The number of benzene rings is 1. The van der Waals surface area contributed by atoms with Crippen molar-refractivity contribution in [2.45, 2.75) is 65.3 Å². The molecule has 11 heteroatoms. The van der Waals surface area contributed by atoms with Gasteiger partial charge in [0.05, 0.1) is 6.54 Å². The SMILES string of the molecule is C/C=C/Cn1c(N2CCC[C@@H](NC(=O)OC(C)(C)C)C2)nc2c1c(=O)n(CC(=O)c1ccccc1)c(=O)n2C. The lowest BCUT2D eigenvalue weighted by Crippen LogP contribution is -2.49. The molecule has 1 aromatic carbocycles. The molecule has 208 valence electrons. The molecule has 4 rings (SSSR count). The molecule has 1 amide bonds. The number of hydrogen-bond donors (Lipinski definition) is 1. The largest absolute Gasteiger partial charge is 0.444 e. The fourth-order valence-electron chi connectivity index (χ4n) is 4.73. The summed E-state index contributed by atoms with van der Waals surface area (Å²) >= 11 is 0. The van der Waals surface area contributed by atoms with E-state index in [1.54, 1.807) is 41.9 Å². The van der Waals surface area contributed by atoms with Crippen LogP contribution >= 0.6 is 0 Å². The number of amides is 1. The van der Waals surface area contributed by atoms with E-state index in [1.165, 1.54) is 4.57 Å². The number of imidazole rings is 1. The van der Waals surface area contributed by atoms with Crippen LogP contribution in [0.5, 0.6) is 0 Å². The van der Waals surface area contributed by atoms with E-state index in [0.717, 1.165) is 17.4 Å². The molecule has 0 aliphatic carbocycles. The molecule has 39 heavy (non-hydrogen) atoms. The molecule has 3 heterocycles. The van der Waals surface area contributed by atoms with Crippen LogP contribution < -0.4 is 21.5 Å². The first kappa shape index (κ1) is 27.9. The summed E-state index contributed by atoms with van der Waals surface area (Å²) in [5.41, 5.74) is -0.871. The number of nitrogens with zero attached hydrogens (tertiary/aromatic N) is 5. The Bertz CT molecular complexity index is 1510. The summed E-state index contributed by atoms with van der Waals surface area (Å²) in [4.78, 5) is 58.9. The molecule has 3 aromatic rings. The van der Waals surface area contributed by atoms with Crippen LogP contribution in [0, 0.1) is 0 Å². The first-order valence-corrected chi connectivity index (χ1v) is 13.1. The van der Waals surface area contributed by atoms with Crippen LogP contribution in [-0.2, 0) is 24.9 Å². The van der Waals surface area contributed by atoms with Gasteiger partial charge in [-0.2, -0.15) is 4.98 Å². The predicted molar refractivity (Wildman–Crippen MR) is 149 cm³/mol. The van der Waals surface area contributed by atoms with Gasteiger partial charge in [0, 0.05) is 38.3 Å². The highest BCUT2D eigenvalue weighted by Gasteiger charge is 2.29. The number of aryl methyl sites for hydroxylation is 1. The quantitative estimate of drug-likeness (QED) is 0.364. The summed E-state index contributed by atoms with van der Waals surface area (Å²) in [6.07, 6.45) is 4.86. The molecule has 1 N–H and O–H groups in total. The number of carbonyl (C=O) groups excluding carboxylic acids is 2. The Hall–Kier alpha value is -4.15. The third-order valence-electron chi connectivity index (χ3n) is 6.56. The fraction of sp³-hybridized carbons (Fsp3) is 0.464. The van der Waals surface area contributed by atoms with Crippen molar-refractivity contribution in [2.24, 2.45) is 7.05 Å². The number of rotatable bonds is 7. The number of aromatic nitrogens is 4. The Morgan fingerprint density at radius 3 is 2.54 bits per heavy atom. The van der Waals surface area contributed by atoms with Gasteiger partial charge in [0.25, 0.3) is 5.56 Å². The Balaban J connectivity index is 1.73. The van der Waals surface area contributed by atoms with Crippen LogP contribution in [0.15, 0.2) is 52.1 Å². The molecule has 0 unspecified atom stereocenters. The number of anilines is 1. The summed E-state index contributed by atoms with van der Waals surface area (Å²) in [7, 11) is 1.55. The van der Waals surface area contributed by atoms with E-state index in [0.29, 0.717) is 31.1 Å². The molecule has 0 bridgehead atoms. The molecule has 2 aromatic heterocycles. The van der Waals surface area contributed by atoms with Crippen molar-refractivity contribution in [1.82, 2.24) is 24.0 Å². The van der Waals surface area contributed by atoms with E-state index < -0.39 is 22.9 Å². The Morgan fingerprint density at radius 1 is 1.15 bits per heavy atom. The topological polar surface area (TPSA) is 120 Å². The third-order valence-corrected chi connectivity index (χ3v) is 6.56. The van der Waals surface area contributed by atoms with Gasteiger partial charge in [-0.25, -0.2) is 9.59 Å². The molecule has 11 nitrogen and oxygen atoms in total. The average Bonchev–Trinajstić information content (AvgIpc) is 3.28. The van der Waals surface area contributed by atoms with Crippen LogP contribution in [-0.4, -0.2) is 55.3 Å². The molecule has 1 fully saturated rings. The highest BCUT2D eigenvalue weighted by Crippen LogP contribution is 2.24. The minimum Gasteiger partial charge on any atom is -0.444 e. The van der Waals surface area contributed by atoms with Gasteiger partial charge < -0.3 is 19.5 Å². The molecule has 0 spiro atoms. The van der Waals surface area contributed by atoms with E-state index >= 15 is 0 Å². The number of carbonyl (C=O) groups is 2. The van der Waals surface area contributed by atoms with Crippen molar-refractivity contribution < 1.29 is 14.3 Å². The van der Waals surface area contributed by atoms with Crippen molar-refractivity contribution in [1.29, 1.82) is 0 Å². The molecule has 1 atom stereocenters. The monoisotopic (exact) mass is 536 g/mol. The second-order valence-corrected chi connectivity index (χ2v) is 10.7. The van der Waals surface area contributed by atoms with Crippen molar-refractivity contribution in [2.75, 3.05) is 18.0 Å². The zero-order chi connectivity index (χ0) is 28.3. The summed E-state index contributed by atoms with van der Waals surface area (Å²) in [5, 5.41) is 2.94. The van der Waals surface area contributed by atoms with Crippen LogP contribution in [0.1, 0.15) is 50.9 Å². The van der Waals surface area contributed by atoms with Gasteiger partial charge in [-0.05, 0) is 40.5 Å². The van der Waals surface area contributed by atoms with Gasteiger partial charge in [-0.3, -0.25) is 18.7 Å². The number of hydrogen-bond acceptors (Lipinski definition) is 7. The van der Waals surface area contributed by atoms with Crippen molar-refractivity contribution in [3.05, 3.63) is 68.9 Å². The summed E-state index contributed by atoms with van der Waals surface area (Å²) < 4.78 is 9.47. The van der Waals surface area contributed by atoms with Crippen molar-refractivity contribution >= 4 is 29.0 Å². The first-order valence-electron chi connectivity index (χ1n) is 13.1. The van der Waals surface area contributed by atoms with Gasteiger partial charge in [-0.15, -0.1) is 0 Å². The Kier molecular flexibility index (Phi) is 8.08. The smallest absolute Gasteiger partial charge is 0.407 e. The molecular formula is C28H36N6O5. The zero-order valence-corrected chi connectivity index (χ0v) is 23.1. The number of fused-ring (bicyclic) bond motifs is 1. The number of piperidine rings is 1. The van der Waals surface area contributed by atoms with Crippen molar-refractivity contribution in [3.8, 4) is 0 Å². The number of nitrogens with one attached hydrogen (secondary N) is 1. The van der Waals surface area contributed by atoms with Crippen LogP contribution in [0.2, 0.25) is 0 Å². The number of ketones is 1. The van der Waals surface area contributed by atoms with Crippen LogP contribution in [0.4, 0.5) is 10.7 Å². The van der Waals surface area contributed by atoms with Crippen LogP contribution in [0.3, 0.4) is 0 Å². The fourth-order valence-corrected chi connectivity index (χ4v) is 4.73. The van der Waals surface area contributed by atoms with Crippen molar-refractivity contribution in [3.63, 3.8) is 0 Å². The van der Waals surface area contributed by atoms with Gasteiger partial charge in [0.1, 0.15) is 5.60 Å². The summed E-state index contributed by atoms with van der Waals surface area (Å²) in [6, 6.07) is 8.40. The van der Waals surface area contributed by atoms with E-state index in [-0.39, 0.29) is 29.5 Å². The maximum absolute atomic E-state index is 13.7. The maximum Gasteiger partial charge on any atom is 0.407 e. The molecule has 0 saturated carbocycles. The second kappa shape index (κ2) is 11.3. The number of ether oxygens (including phenoxy) is 1.